The van der Waals surface area contributed by atoms with E-state index in [9.17, 15) is 22.8 Å². The maximum absolute atomic E-state index is 16.1. The number of piperidine rings is 2. The number of sulfonamides is 1. The Morgan fingerprint density at radius 1 is 0.937 bits per heavy atom. The minimum atomic E-state index is -3.72. The Labute approximate surface area is 371 Å². The second-order valence-corrected chi connectivity index (χ2v) is 20.4. The number of imide groups is 1. The van der Waals surface area contributed by atoms with E-state index in [2.05, 4.69) is 42.4 Å². The molecule has 3 saturated heterocycles. The summed E-state index contributed by atoms with van der Waals surface area (Å²) in [6, 6.07) is 18.4. The molecule has 63 heavy (non-hydrogen) atoms. The molecule has 8 rings (SSSR count). The minimum Gasteiger partial charge on any atom is -0.356 e. The lowest BCUT2D eigenvalue weighted by molar-refractivity contribution is -0.136. The molecule has 0 radical (unpaired) electrons. The average Bonchev–Trinajstić information content (AvgIpc) is 3.94. The normalized spacial score (nSPS) is 18.7. The van der Waals surface area contributed by atoms with Crippen molar-refractivity contribution < 1.29 is 27.2 Å². The van der Waals surface area contributed by atoms with Crippen molar-refractivity contribution in [3.63, 3.8) is 0 Å². The molecule has 6 heterocycles. The summed E-state index contributed by atoms with van der Waals surface area (Å²) in [6.45, 7) is 10.6. The summed E-state index contributed by atoms with van der Waals surface area (Å²) < 4.78 is 43.5. The molecule has 0 saturated carbocycles. The third kappa shape index (κ3) is 9.89. The zero-order valence-electron chi connectivity index (χ0n) is 35.9. The molecule has 17 heteroatoms. The van der Waals surface area contributed by atoms with E-state index in [1.165, 1.54) is 23.0 Å². The molecule has 330 valence electrons. The van der Waals surface area contributed by atoms with Crippen LogP contribution in [0.3, 0.4) is 0 Å². The Bertz CT molecular complexity index is 2610. The molecular weight excluding hydrogens is 842 g/mol. The number of carbonyl (C=O) groups is 3. The lowest BCUT2D eigenvalue weighted by Gasteiger charge is -2.34. The molecule has 3 aliphatic rings. The van der Waals surface area contributed by atoms with Gasteiger partial charge in [-0.05, 0) is 85.5 Å². The monoisotopic (exact) mass is 893 g/mol. The summed E-state index contributed by atoms with van der Waals surface area (Å²) in [5.74, 6) is -0.178. The fourth-order valence-electron chi connectivity index (χ4n) is 8.45. The number of nitrogens with zero attached hydrogens (tertiary/aromatic N) is 6. The number of halogens is 1. The lowest BCUT2D eigenvalue weighted by Crippen LogP contribution is -2.42. The van der Waals surface area contributed by atoms with Crippen LogP contribution in [-0.4, -0.2) is 82.9 Å². The highest BCUT2D eigenvalue weighted by molar-refractivity contribution is 7.92. The van der Waals surface area contributed by atoms with Gasteiger partial charge in [0.2, 0.25) is 33.7 Å². The van der Waals surface area contributed by atoms with Crippen LogP contribution in [0.2, 0.25) is 0 Å². The molecule has 2 atom stereocenters. The SMILES string of the molecule is CCCS(=O)(=O)Nc1cccc(-c2nc(C(C)(C)C)sc2-c2ccnc(Nc3ccc(C4CCN(C(=O)[C@@H]5CCN(c6ccc([C@@H]7CCC(=O)NC7=O)cn6)C5)CC4)cc3)n2)c1F. The first-order valence-electron chi connectivity index (χ1n) is 21.5. The summed E-state index contributed by atoms with van der Waals surface area (Å²) in [6.07, 6.45) is 7.05. The molecule has 3 N–H and O–H groups in total. The standard InChI is InChI=1S/C46H52FN9O5S2/c1-5-25-63(60,61)54-35-8-6-7-34(39(35)47)40-41(62-44(53-40)46(2,3)4)36-17-21-48-45(51-36)50-32-12-9-28(10-13-32)29-18-22-55(23-19-29)43(59)31-20-24-56(27-31)37-15-11-30(26-49-37)33-14-16-38(57)52-42(33)58/h6-13,15,17,21,26,29,31,33,54H,5,14,16,18-20,22-25,27H2,1-4H3,(H,48,50,51)(H,52,57,58)/t31-,33+/m1/s1. The Balaban J connectivity index is 0.883. The Hall–Kier alpha value is -5.81. The van der Waals surface area contributed by atoms with E-state index in [0.717, 1.165) is 47.9 Å². The van der Waals surface area contributed by atoms with Gasteiger partial charge in [0.05, 0.1) is 44.5 Å². The van der Waals surface area contributed by atoms with Crippen LogP contribution >= 0.6 is 11.3 Å². The Morgan fingerprint density at radius 2 is 1.70 bits per heavy atom. The number of pyridine rings is 1. The highest BCUT2D eigenvalue weighted by atomic mass is 32.2. The first kappa shape index (κ1) is 43.8. The van der Waals surface area contributed by atoms with Gasteiger partial charge >= 0.3 is 0 Å². The third-order valence-electron chi connectivity index (χ3n) is 11.9. The van der Waals surface area contributed by atoms with Gasteiger partial charge in [0.25, 0.3) is 0 Å². The van der Waals surface area contributed by atoms with E-state index in [-0.39, 0.29) is 52.0 Å². The first-order valence-corrected chi connectivity index (χ1v) is 24.0. The molecule has 5 aromatic rings. The van der Waals surface area contributed by atoms with Gasteiger partial charge in [0.15, 0.2) is 5.82 Å². The number of benzene rings is 2. The van der Waals surface area contributed by atoms with Crippen LogP contribution < -0.4 is 20.3 Å². The van der Waals surface area contributed by atoms with Crippen molar-refractivity contribution >= 4 is 62.2 Å². The molecule has 3 aliphatic heterocycles. The van der Waals surface area contributed by atoms with Gasteiger partial charge in [-0.1, -0.05) is 52.0 Å². The predicted molar refractivity (Wildman–Crippen MR) is 243 cm³/mol. The van der Waals surface area contributed by atoms with Gasteiger partial charge in [0, 0.05) is 61.7 Å². The quantitative estimate of drug-likeness (QED) is 0.104. The fraction of sp³-hybridized carbons (Fsp3) is 0.413. The van der Waals surface area contributed by atoms with E-state index in [0.29, 0.717) is 67.0 Å². The van der Waals surface area contributed by atoms with Crippen LogP contribution in [-0.2, 0) is 29.8 Å². The number of hydrogen-bond acceptors (Lipinski definition) is 12. The van der Waals surface area contributed by atoms with E-state index < -0.39 is 15.8 Å². The maximum atomic E-state index is 16.1. The summed E-state index contributed by atoms with van der Waals surface area (Å²) in [5.41, 5.74) is 3.41. The van der Waals surface area contributed by atoms with E-state index in [1.807, 2.05) is 49.9 Å². The molecule has 3 amide bonds. The van der Waals surface area contributed by atoms with Crippen LogP contribution in [0.1, 0.15) is 94.2 Å². The number of hydrogen-bond donors (Lipinski definition) is 3. The van der Waals surface area contributed by atoms with Crippen molar-refractivity contribution in [2.24, 2.45) is 5.92 Å². The van der Waals surface area contributed by atoms with Gasteiger partial charge in [-0.25, -0.2) is 32.7 Å². The fourth-order valence-corrected chi connectivity index (χ4v) is 10.7. The topological polar surface area (TPSA) is 179 Å². The van der Waals surface area contributed by atoms with E-state index >= 15 is 4.39 Å². The Kier molecular flexibility index (Phi) is 12.6. The highest BCUT2D eigenvalue weighted by Crippen LogP contribution is 2.42. The number of nitrogens with one attached hydrogen (secondary N) is 3. The summed E-state index contributed by atoms with van der Waals surface area (Å²) >= 11 is 1.41. The molecule has 0 aliphatic carbocycles. The first-order chi connectivity index (χ1) is 30.2. The largest absolute Gasteiger partial charge is 0.356 e. The number of amides is 3. The number of aromatic nitrogens is 4. The van der Waals surface area contributed by atoms with Crippen molar-refractivity contribution in [3.8, 4) is 21.8 Å². The van der Waals surface area contributed by atoms with E-state index in [1.54, 1.807) is 37.5 Å². The van der Waals surface area contributed by atoms with Crippen LogP contribution in [0.25, 0.3) is 21.8 Å². The molecule has 0 spiro atoms. The summed E-state index contributed by atoms with van der Waals surface area (Å²) in [4.78, 5) is 61.1. The van der Waals surface area contributed by atoms with Crippen molar-refractivity contribution in [1.29, 1.82) is 0 Å². The van der Waals surface area contributed by atoms with Crippen molar-refractivity contribution in [3.05, 3.63) is 95.0 Å². The van der Waals surface area contributed by atoms with Crippen LogP contribution in [0.15, 0.2) is 73.1 Å². The molecule has 14 nitrogen and oxygen atoms in total. The molecule has 0 unspecified atom stereocenters. The lowest BCUT2D eigenvalue weighted by atomic mass is 9.89. The molecule has 2 aromatic carbocycles. The number of rotatable bonds is 12. The third-order valence-corrected chi connectivity index (χ3v) is 14.8. The second kappa shape index (κ2) is 18.1. The van der Waals surface area contributed by atoms with Gasteiger partial charge in [-0.3, -0.25) is 24.4 Å². The predicted octanol–water partition coefficient (Wildman–Crippen LogP) is 7.75. The highest BCUT2D eigenvalue weighted by Gasteiger charge is 2.35. The zero-order valence-corrected chi connectivity index (χ0v) is 37.5. The van der Waals surface area contributed by atoms with Crippen LogP contribution in [0, 0.1) is 11.7 Å². The Morgan fingerprint density at radius 3 is 2.40 bits per heavy atom. The molecular formula is C46H52FN9O5S2. The number of anilines is 4. The van der Waals surface area contributed by atoms with E-state index in [4.69, 9.17) is 9.97 Å². The van der Waals surface area contributed by atoms with Crippen LogP contribution in [0.5, 0.6) is 0 Å². The minimum absolute atomic E-state index is 0.0985. The van der Waals surface area contributed by atoms with Gasteiger partial charge < -0.3 is 15.1 Å². The molecule has 3 fully saturated rings. The van der Waals surface area contributed by atoms with Gasteiger partial charge in [-0.2, -0.15) is 0 Å². The summed E-state index contributed by atoms with van der Waals surface area (Å²) in [5, 5.41) is 6.49. The number of carbonyl (C=O) groups excluding carboxylic acids is 3. The van der Waals surface area contributed by atoms with Crippen LogP contribution in [0.4, 0.5) is 27.5 Å². The smallest absolute Gasteiger partial charge is 0.234 e. The molecule has 0 bridgehead atoms. The zero-order chi connectivity index (χ0) is 44.5. The van der Waals surface area contributed by atoms with Crippen molar-refractivity contribution in [2.75, 3.05) is 46.9 Å². The summed E-state index contributed by atoms with van der Waals surface area (Å²) in [7, 11) is -3.72. The van der Waals surface area contributed by atoms with Gasteiger partial charge in [-0.15, -0.1) is 11.3 Å². The number of thiazole rings is 1. The average molecular weight is 894 g/mol. The second-order valence-electron chi connectivity index (χ2n) is 17.5. The van der Waals surface area contributed by atoms with Crippen molar-refractivity contribution in [2.45, 2.75) is 83.5 Å². The number of likely N-dealkylation sites (tertiary alicyclic amines) is 1. The molecule has 3 aromatic heterocycles. The van der Waals surface area contributed by atoms with Gasteiger partial charge in [0.1, 0.15) is 5.82 Å². The van der Waals surface area contributed by atoms with Crippen molar-refractivity contribution in [1.82, 2.24) is 30.2 Å². The maximum Gasteiger partial charge on any atom is 0.234 e.